The Kier molecular flexibility index (Phi) is 8.02. The Balaban J connectivity index is 1.55. The molecule has 0 saturated heterocycles. The lowest BCUT2D eigenvalue weighted by molar-refractivity contribution is -0.119. The number of nitrogens with zero attached hydrogens (tertiary/aromatic N) is 3. The van der Waals surface area contributed by atoms with Gasteiger partial charge in [-0.3, -0.25) is 9.10 Å². The van der Waals surface area contributed by atoms with Crippen LogP contribution in [-0.2, 0) is 14.8 Å². The number of anilines is 1. The molecule has 0 radical (unpaired) electrons. The second-order valence-electron chi connectivity index (χ2n) is 8.24. The third kappa shape index (κ3) is 6.05. The van der Waals surface area contributed by atoms with Gasteiger partial charge < -0.3 is 4.57 Å². The lowest BCUT2D eigenvalue weighted by atomic mass is 10.2. The summed E-state index contributed by atoms with van der Waals surface area (Å²) in [5, 5.41) is 4.81. The predicted octanol–water partition coefficient (Wildman–Crippen LogP) is 5.75. The summed E-state index contributed by atoms with van der Waals surface area (Å²) in [5.74, 6) is -0.620. The van der Waals surface area contributed by atoms with Crippen LogP contribution in [0.5, 0.6) is 0 Å². The van der Waals surface area contributed by atoms with Crippen molar-refractivity contribution in [1.82, 2.24) is 9.99 Å². The van der Waals surface area contributed by atoms with E-state index in [0.717, 1.165) is 26.9 Å². The first-order chi connectivity index (χ1) is 17.7. The Labute approximate surface area is 226 Å². The fourth-order valence-electron chi connectivity index (χ4n) is 3.91. The van der Waals surface area contributed by atoms with Gasteiger partial charge in [0.25, 0.3) is 15.9 Å². The maximum absolute atomic E-state index is 13.4. The van der Waals surface area contributed by atoms with Crippen LogP contribution in [0.2, 0.25) is 10.0 Å². The summed E-state index contributed by atoms with van der Waals surface area (Å²) in [6.45, 7) is 3.44. The van der Waals surface area contributed by atoms with Crippen LogP contribution in [0.4, 0.5) is 5.69 Å². The fraction of sp³-hybridized carbons (Fsp3) is 0.111. The van der Waals surface area contributed by atoms with Crippen LogP contribution < -0.4 is 9.73 Å². The van der Waals surface area contributed by atoms with Gasteiger partial charge in [-0.1, -0.05) is 47.5 Å². The van der Waals surface area contributed by atoms with Crippen LogP contribution in [0, 0.1) is 13.8 Å². The van der Waals surface area contributed by atoms with Crippen molar-refractivity contribution in [3.63, 3.8) is 0 Å². The van der Waals surface area contributed by atoms with Gasteiger partial charge in [0.2, 0.25) is 0 Å². The Bertz CT molecular complexity index is 1550. The minimum atomic E-state index is -4.10. The summed E-state index contributed by atoms with van der Waals surface area (Å²) < 4.78 is 29.9. The second-order valence-corrected chi connectivity index (χ2v) is 11.0. The Hall–Kier alpha value is -3.59. The van der Waals surface area contributed by atoms with Crippen LogP contribution >= 0.6 is 23.2 Å². The quantitative estimate of drug-likeness (QED) is 0.222. The molecular formula is C27H24Cl2N4O3S. The molecule has 0 saturated carbocycles. The van der Waals surface area contributed by atoms with Gasteiger partial charge in [0.1, 0.15) is 6.54 Å². The zero-order valence-corrected chi connectivity index (χ0v) is 22.4. The number of rotatable bonds is 8. The standard InChI is InChI=1S/C27H24Cl2N4O3S/c1-19-15-21(20(2)33(19)24-8-4-3-5-9-24)17-30-31-27(34)18-32(25-10-6-7-23(29)16-25)37(35,36)26-13-11-22(28)12-14-26/h3-17H,18H2,1-2H3,(H,31,34)/b30-17-. The van der Waals surface area contributed by atoms with Crippen LogP contribution in [0.1, 0.15) is 17.0 Å². The Morgan fingerprint density at radius 3 is 2.32 bits per heavy atom. The maximum atomic E-state index is 13.4. The molecule has 0 aliphatic carbocycles. The molecule has 10 heteroatoms. The van der Waals surface area contributed by atoms with E-state index in [0.29, 0.717) is 10.0 Å². The number of sulfonamides is 1. The van der Waals surface area contributed by atoms with E-state index in [1.807, 2.05) is 50.2 Å². The van der Waals surface area contributed by atoms with Gasteiger partial charge in [-0.15, -0.1) is 0 Å². The van der Waals surface area contributed by atoms with Crippen LogP contribution in [-0.4, -0.2) is 31.7 Å². The molecule has 1 amide bonds. The van der Waals surface area contributed by atoms with Crippen molar-refractivity contribution in [3.05, 3.63) is 112 Å². The highest BCUT2D eigenvalue weighted by molar-refractivity contribution is 7.92. The molecule has 4 aromatic rings. The second kappa shape index (κ2) is 11.2. The smallest absolute Gasteiger partial charge is 0.264 e. The lowest BCUT2D eigenvalue weighted by Crippen LogP contribution is -2.39. The van der Waals surface area contributed by atoms with Gasteiger partial charge in [-0.25, -0.2) is 13.8 Å². The first-order valence-corrected chi connectivity index (χ1v) is 13.5. The summed E-state index contributed by atoms with van der Waals surface area (Å²) in [7, 11) is -4.10. The van der Waals surface area contributed by atoms with E-state index < -0.39 is 22.5 Å². The molecule has 1 aromatic heterocycles. The molecular weight excluding hydrogens is 531 g/mol. The SMILES string of the molecule is Cc1cc(/C=N\NC(=O)CN(c2cccc(Cl)c2)S(=O)(=O)c2ccc(Cl)cc2)c(C)n1-c1ccccc1. The highest BCUT2D eigenvalue weighted by Crippen LogP contribution is 2.27. The minimum Gasteiger partial charge on any atom is -0.318 e. The third-order valence-electron chi connectivity index (χ3n) is 5.66. The van der Waals surface area contributed by atoms with Crippen molar-refractivity contribution in [3.8, 4) is 5.69 Å². The minimum absolute atomic E-state index is 0.0125. The van der Waals surface area contributed by atoms with Gasteiger partial charge in [0.05, 0.1) is 16.8 Å². The van der Waals surface area contributed by atoms with Crippen LogP contribution in [0.15, 0.2) is 94.9 Å². The van der Waals surface area contributed by atoms with E-state index in [1.165, 1.54) is 36.5 Å². The van der Waals surface area contributed by atoms with Crippen molar-refractivity contribution in [2.24, 2.45) is 5.10 Å². The zero-order valence-electron chi connectivity index (χ0n) is 20.1. The monoisotopic (exact) mass is 554 g/mol. The number of halogens is 2. The van der Waals surface area contributed by atoms with Gasteiger partial charge in [0.15, 0.2) is 0 Å². The molecule has 0 unspecified atom stereocenters. The van der Waals surface area contributed by atoms with Crippen molar-refractivity contribution in [2.75, 3.05) is 10.8 Å². The molecule has 0 aliphatic heterocycles. The number of carbonyl (C=O) groups is 1. The summed E-state index contributed by atoms with van der Waals surface area (Å²) in [6.07, 6.45) is 1.54. The van der Waals surface area contributed by atoms with E-state index in [4.69, 9.17) is 23.2 Å². The number of hydrogen-bond acceptors (Lipinski definition) is 4. The average Bonchev–Trinajstić information content (AvgIpc) is 3.15. The van der Waals surface area contributed by atoms with E-state index in [2.05, 4.69) is 15.1 Å². The number of aryl methyl sites for hydroxylation is 1. The number of carbonyl (C=O) groups excluding carboxylic acids is 1. The summed E-state index contributed by atoms with van der Waals surface area (Å²) in [5.41, 5.74) is 6.48. The average molecular weight is 555 g/mol. The number of hydrazone groups is 1. The number of para-hydroxylation sites is 1. The Morgan fingerprint density at radius 2 is 1.65 bits per heavy atom. The zero-order chi connectivity index (χ0) is 26.6. The van der Waals surface area contributed by atoms with Crippen LogP contribution in [0.25, 0.3) is 5.69 Å². The third-order valence-corrected chi connectivity index (χ3v) is 7.94. The molecule has 3 aromatic carbocycles. The molecule has 1 heterocycles. The first-order valence-electron chi connectivity index (χ1n) is 11.3. The molecule has 0 bridgehead atoms. The molecule has 190 valence electrons. The van der Waals surface area contributed by atoms with Crippen molar-refractivity contribution < 1.29 is 13.2 Å². The summed E-state index contributed by atoms with van der Waals surface area (Å²) >= 11 is 12.0. The van der Waals surface area contributed by atoms with Crippen molar-refractivity contribution in [1.29, 1.82) is 0 Å². The molecule has 1 N–H and O–H groups in total. The molecule has 0 aliphatic rings. The van der Waals surface area contributed by atoms with Gasteiger partial charge in [-0.2, -0.15) is 5.10 Å². The molecule has 0 fully saturated rings. The van der Waals surface area contributed by atoms with E-state index in [9.17, 15) is 13.2 Å². The number of amides is 1. The topological polar surface area (TPSA) is 83.8 Å². The molecule has 7 nitrogen and oxygen atoms in total. The first kappa shape index (κ1) is 26.5. The van der Waals surface area contributed by atoms with E-state index >= 15 is 0 Å². The molecule has 0 spiro atoms. The number of hydrogen-bond donors (Lipinski definition) is 1. The predicted molar refractivity (Wildman–Crippen MR) is 148 cm³/mol. The molecule has 4 rings (SSSR count). The molecule has 0 atom stereocenters. The van der Waals surface area contributed by atoms with Gasteiger partial charge >= 0.3 is 0 Å². The molecule has 37 heavy (non-hydrogen) atoms. The fourth-order valence-corrected chi connectivity index (χ4v) is 5.64. The summed E-state index contributed by atoms with van der Waals surface area (Å²) in [6, 6.07) is 23.8. The number of nitrogens with one attached hydrogen (secondary N) is 1. The normalized spacial score (nSPS) is 11.6. The number of aromatic nitrogens is 1. The lowest BCUT2D eigenvalue weighted by Gasteiger charge is -2.23. The van der Waals surface area contributed by atoms with E-state index in [-0.39, 0.29) is 10.6 Å². The van der Waals surface area contributed by atoms with Crippen molar-refractivity contribution >= 4 is 51.0 Å². The maximum Gasteiger partial charge on any atom is 0.264 e. The summed E-state index contributed by atoms with van der Waals surface area (Å²) in [4.78, 5) is 12.8. The largest absolute Gasteiger partial charge is 0.318 e. The van der Waals surface area contributed by atoms with Gasteiger partial charge in [-0.05, 0) is 74.5 Å². The Morgan fingerprint density at radius 1 is 0.946 bits per heavy atom. The highest BCUT2D eigenvalue weighted by Gasteiger charge is 2.27. The van der Waals surface area contributed by atoms with Gasteiger partial charge in [0, 0.05) is 32.7 Å². The van der Waals surface area contributed by atoms with Crippen molar-refractivity contribution in [2.45, 2.75) is 18.7 Å². The highest BCUT2D eigenvalue weighted by atomic mass is 35.5. The van der Waals surface area contributed by atoms with Crippen LogP contribution in [0.3, 0.4) is 0 Å². The number of benzene rings is 3. The van der Waals surface area contributed by atoms with E-state index in [1.54, 1.807) is 18.2 Å².